The lowest BCUT2D eigenvalue weighted by molar-refractivity contribution is 0.453. The molecule has 0 aliphatic heterocycles. The Balaban J connectivity index is 2.34. The summed E-state index contributed by atoms with van der Waals surface area (Å²) in [5.74, 6) is 1.58. The number of aromatic nitrogens is 2. The highest BCUT2D eigenvalue weighted by molar-refractivity contribution is 9.10. The van der Waals surface area contributed by atoms with Crippen molar-refractivity contribution in [2.75, 3.05) is 0 Å². The molecule has 18 heavy (non-hydrogen) atoms. The molecule has 0 aliphatic carbocycles. The molecule has 0 atom stereocenters. The lowest BCUT2D eigenvalue weighted by Crippen LogP contribution is -1.96. The summed E-state index contributed by atoms with van der Waals surface area (Å²) in [6.45, 7) is 4.23. The van der Waals surface area contributed by atoms with E-state index in [4.69, 9.17) is 16.3 Å². The Morgan fingerprint density at radius 3 is 2.72 bits per heavy atom. The molecule has 1 aromatic carbocycles. The average Bonchev–Trinajstić information content (AvgIpc) is 2.31. The largest absolute Gasteiger partial charge is 0.439 e. The SMILES string of the molecule is CC(C)c1cc(Br)ccc1Oc1ccnc(Cl)n1. The number of hydrogen-bond donors (Lipinski definition) is 0. The highest BCUT2D eigenvalue weighted by atomic mass is 79.9. The molecule has 0 unspecified atom stereocenters. The minimum Gasteiger partial charge on any atom is -0.439 e. The van der Waals surface area contributed by atoms with Crippen molar-refractivity contribution < 1.29 is 4.74 Å². The minimum absolute atomic E-state index is 0.177. The lowest BCUT2D eigenvalue weighted by atomic mass is 10.0. The van der Waals surface area contributed by atoms with Crippen LogP contribution in [0.3, 0.4) is 0 Å². The van der Waals surface area contributed by atoms with Gasteiger partial charge in [-0.2, -0.15) is 4.98 Å². The Morgan fingerprint density at radius 2 is 2.06 bits per heavy atom. The smallest absolute Gasteiger partial charge is 0.225 e. The highest BCUT2D eigenvalue weighted by Crippen LogP contribution is 2.32. The van der Waals surface area contributed by atoms with Gasteiger partial charge in [0.1, 0.15) is 5.75 Å². The Morgan fingerprint density at radius 1 is 1.28 bits per heavy atom. The minimum atomic E-state index is 0.177. The van der Waals surface area contributed by atoms with Crippen LogP contribution in [0.1, 0.15) is 25.3 Å². The van der Waals surface area contributed by atoms with Crippen LogP contribution in [-0.4, -0.2) is 9.97 Å². The van der Waals surface area contributed by atoms with Gasteiger partial charge in [0.2, 0.25) is 11.2 Å². The molecule has 2 rings (SSSR count). The molecule has 0 amide bonds. The molecule has 0 bridgehead atoms. The van der Waals surface area contributed by atoms with E-state index < -0.39 is 0 Å². The molecule has 1 heterocycles. The molecular formula is C13H12BrClN2O. The summed E-state index contributed by atoms with van der Waals surface area (Å²) in [7, 11) is 0. The number of halogens is 2. The van der Waals surface area contributed by atoms with Crippen molar-refractivity contribution in [1.82, 2.24) is 9.97 Å². The highest BCUT2D eigenvalue weighted by Gasteiger charge is 2.10. The fourth-order valence-electron chi connectivity index (χ4n) is 1.55. The zero-order chi connectivity index (χ0) is 13.1. The number of benzene rings is 1. The predicted octanol–water partition coefficient (Wildman–Crippen LogP) is 4.81. The standard InChI is InChI=1S/C13H12BrClN2O/c1-8(2)10-7-9(14)3-4-11(10)18-12-5-6-16-13(15)17-12/h3-8H,1-2H3. The molecule has 94 valence electrons. The molecule has 2 aromatic rings. The molecule has 0 N–H and O–H groups in total. The van der Waals surface area contributed by atoms with Gasteiger partial charge in [0.15, 0.2) is 0 Å². The first kappa shape index (κ1) is 13.3. The second kappa shape index (κ2) is 5.67. The van der Waals surface area contributed by atoms with Crippen LogP contribution in [-0.2, 0) is 0 Å². The van der Waals surface area contributed by atoms with Gasteiger partial charge in [-0.1, -0.05) is 29.8 Å². The first-order chi connectivity index (χ1) is 8.56. The molecule has 0 aliphatic rings. The Labute approximate surface area is 119 Å². The summed E-state index contributed by atoms with van der Waals surface area (Å²) in [5.41, 5.74) is 1.11. The quantitative estimate of drug-likeness (QED) is 0.759. The number of nitrogens with zero attached hydrogens (tertiary/aromatic N) is 2. The second-order valence-electron chi connectivity index (χ2n) is 4.10. The van der Waals surface area contributed by atoms with Crippen molar-refractivity contribution >= 4 is 27.5 Å². The third kappa shape index (κ3) is 3.21. The maximum absolute atomic E-state index is 5.75. The molecule has 3 nitrogen and oxygen atoms in total. The fourth-order valence-corrected chi connectivity index (χ4v) is 2.07. The second-order valence-corrected chi connectivity index (χ2v) is 5.36. The predicted molar refractivity (Wildman–Crippen MR) is 75.3 cm³/mol. The normalized spacial score (nSPS) is 10.7. The summed E-state index contributed by atoms with van der Waals surface area (Å²) >= 11 is 9.19. The van der Waals surface area contributed by atoms with E-state index in [1.165, 1.54) is 0 Å². The Hall–Kier alpha value is -1.13. The van der Waals surface area contributed by atoms with Gasteiger partial charge in [0, 0.05) is 16.7 Å². The summed E-state index contributed by atoms with van der Waals surface area (Å²) in [6, 6.07) is 7.57. The van der Waals surface area contributed by atoms with E-state index in [0.29, 0.717) is 11.8 Å². The van der Waals surface area contributed by atoms with Crippen LogP contribution >= 0.6 is 27.5 Å². The molecule has 0 saturated carbocycles. The summed E-state index contributed by atoms with van der Waals surface area (Å²) in [4.78, 5) is 7.83. The van der Waals surface area contributed by atoms with Crippen LogP contribution in [0, 0.1) is 0 Å². The zero-order valence-electron chi connectivity index (χ0n) is 10.0. The Bertz CT molecular complexity index is 560. The van der Waals surface area contributed by atoms with E-state index in [0.717, 1.165) is 15.8 Å². The van der Waals surface area contributed by atoms with Gasteiger partial charge >= 0.3 is 0 Å². The fraction of sp³-hybridized carbons (Fsp3) is 0.231. The van der Waals surface area contributed by atoms with Crippen molar-refractivity contribution in [2.24, 2.45) is 0 Å². The van der Waals surface area contributed by atoms with E-state index in [1.54, 1.807) is 12.3 Å². The number of rotatable bonds is 3. The van der Waals surface area contributed by atoms with Gasteiger partial charge in [-0.3, -0.25) is 0 Å². The lowest BCUT2D eigenvalue weighted by Gasteiger charge is -2.13. The average molecular weight is 328 g/mol. The maximum atomic E-state index is 5.75. The van der Waals surface area contributed by atoms with Gasteiger partial charge in [-0.25, -0.2) is 4.98 Å². The number of hydrogen-bond acceptors (Lipinski definition) is 3. The molecule has 0 saturated heterocycles. The van der Waals surface area contributed by atoms with Gasteiger partial charge in [-0.05, 0) is 41.3 Å². The third-order valence-corrected chi connectivity index (χ3v) is 3.08. The van der Waals surface area contributed by atoms with Crippen LogP contribution < -0.4 is 4.74 Å². The zero-order valence-corrected chi connectivity index (χ0v) is 12.4. The van der Waals surface area contributed by atoms with E-state index in [1.807, 2.05) is 18.2 Å². The molecule has 5 heteroatoms. The van der Waals surface area contributed by atoms with E-state index >= 15 is 0 Å². The maximum Gasteiger partial charge on any atom is 0.225 e. The van der Waals surface area contributed by atoms with Crippen molar-refractivity contribution in [3.05, 3.63) is 45.8 Å². The van der Waals surface area contributed by atoms with Gasteiger partial charge in [0.05, 0.1) is 0 Å². The van der Waals surface area contributed by atoms with Crippen LogP contribution in [0.2, 0.25) is 5.28 Å². The Kier molecular flexibility index (Phi) is 4.19. The topological polar surface area (TPSA) is 35.0 Å². The summed E-state index contributed by atoms with van der Waals surface area (Å²) < 4.78 is 6.78. The first-order valence-electron chi connectivity index (χ1n) is 5.52. The van der Waals surface area contributed by atoms with Crippen LogP contribution in [0.15, 0.2) is 34.9 Å². The van der Waals surface area contributed by atoms with Crippen LogP contribution in [0.5, 0.6) is 11.6 Å². The van der Waals surface area contributed by atoms with E-state index in [2.05, 4.69) is 39.7 Å². The van der Waals surface area contributed by atoms with Gasteiger partial charge in [0.25, 0.3) is 0 Å². The van der Waals surface area contributed by atoms with Crippen molar-refractivity contribution in [3.63, 3.8) is 0 Å². The number of ether oxygens (including phenoxy) is 1. The van der Waals surface area contributed by atoms with Crippen molar-refractivity contribution in [1.29, 1.82) is 0 Å². The molecule has 0 spiro atoms. The first-order valence-corrected chi connectivity index (χ1v) is 6.69. The van der Waals surface area contributed by atoms with Gasteiger partial charge < -0.3 is 4.74 Å². The molecule has 0 radical (unpaired) electrons. The molecular weight excluding hydrogens is 316 g/mol. The van der Waals surface area contributed by atoms with Crippen molar-refractivity contribution in [2.45, 2.75) is 19.8 Å². The molecule has 1 aromatic heterocycles. The van der Waals surface area contributed by atoms with Crippen molar-refractivity contribution in [3.8, 4) is 11.6 Å². The summed E-state index contributed by atoms with van der Waals surface area (Å²) in [6.07, 6.45) is 1.57. The van der Waals surface area contributed by atoms with Gasteiger partial charge in [-0.15, -0.1) is 0 Å². The van der Waals surface area contributed by atoms with E-state index in [9.17, 15) is 0 Å². The monoisotopic (exact) mass is 326 g/mol. The third-order valence-electron chi connectivity index (χ3n) is 2.41. The van der Waals surface area contributed by atoms with E-state index in [-0.39, 0.29) is 5.28 Å². The van der Waals surface area contributed by atoms with Crippen LogP contribution in [0.4, 0.5) is 0 Å². The summed E-state index contributed by atoms with van der Waals surface area (Å²) in [5, 5.41) is 0.177. The molecule has 0 fully saturated rings. The van der Waals surface area contributed by atoms with Crippen LogP contribution in [0.25, 0.3) is 0 Å².